The Kier molecular flexibility index (Phi) is 8.48. The monoisotopic (exact) mass is 575 g/mol. The summed E-state index contributed by atoms with van der Waals surface area (Å²) in [6, 6.07) is 14.3. The van der Waals surface area contributed by atoms with Crippen molar-refractivity contribution in [3.05, 3.63) is 65.1 Å². The first-order valence-electron chi connectivity index (χ1n) is 13.8. The number of carbonyl (C=O) groups excluding carboxylic acids is 1. The van der Waals surface area contributed by atoms with Crippen molar-refractivity contribution in [3.8, 4) is 6.07 Å². The molecule has 218 valence electrons. The van der Waals surface area contributed by atoms with Gasteiger partial charge in [-0.05, 0) is 75.2 Å². The number of rotatable bonds is 9. The summed E-state index contributed by atoms with van der Waals surface area (Å²) in [5.41, 5.74) is 9.86. The van der Waals surface area contributed by atoms with E-state index in [1.54, 1.807) is 25.4 Å². The number of nitrogens with two attached hydrogens (primary N) is 1. The van der Waals surface area contributed by atoms with Gasteiger partial charge in [0, 0.05) is 33.4 Å². The first-order chi connectivity index (χ1) is 19.2. The predicted molar refractivity (Wildman–Crippen MR) is 163 cm³/mol. The van der Waals surface area contributed by atoms with Crippen molar-refractivity contribution in [2.75, 3.05) is 13.7 Å². The third-order valence-corrected chi connectivity index (χ3v) is 8.63. The molecular weight excluding hydrogens is 534 g/mol. The first-order valence-corrected chi connectivity index (χ1v) is 17.5. The fourth-order valence-corrected chi connectivity index (χ4v) is 5.75. The molecule has 4 aromatic rings. The number of imidazole rings is 1. The van der Waals surface area contributed by atoms with Crippen LogP contribution in [0.25, 0.3) is 21.9 Å². The summed E-state index contributed by atoms with van der Waals surface area (Å²) in [5, 5.41) is 10.3. The molecule has 2 heterocycles. The smallest absolute Gasteiger partial charge is 0.418 e. The minimum atomic E-state index is -1.28. The zero-order valence-electron chi connectivity index (χ0n) is 25.4. The van der Waals surface area contributed by atoms with Crippen LogP contribution in [0.5, 0.6) is 0 Å². The van der Waals surface area contributed by atoms with Gasteiger partial charge in [-0.2, -0.15) is 5.26 Å². The molecule has 4 rings (SSSR count). The van der Waals surface area contributed by atoms with Crippen LogP contribution in [0, 0.1) is 11.3 Å². The van der Waals surface area contributed by atoms with Gasteiger partial charge in [-0.15, -0.1) is 0 Å². The Morgan fingerprint density at radius 2 is 1.80 bits per heavy atom. The fourth-order valence-electron chi connectivity index (χ4n) is 4.99. The second kappa shape index (κ2) is 11.4. The molecule has 0 fully saturated rings. The van der Waals surface area contributed by atoms with E-state index in [2.05, 4.69) is 25.7 Å². The Balaban J connectivity index is 1.89. The fraction of sp³-hybridized carbons (Fsp3) is 0.452. The summed E-state index contributed by atoms with van der Waals surface area (Å²) < 4.78 is 20.9. The van der Waals surface area contributed by atoms with Gasteiger partial charge in [0.15, 0.2) is 0 Å². The van der Waals surface area contributed by atoms with E-state index >= 15 is 0 Å². The molecule has 2 aromatic carbocycles. The molecule has 9 nitrogen and oxygen atoms in total. The van der Waals surface area contributed by atoms with Crippen LogP contribution in [0.4, 0.5) is 4.79 Å². The summed E-state index contributed by atoms with van der Waals surface area (Å²) in [6.07, 6.45) is 1.24. The van der Waals surface area contributed by atoms with Gasteiger partial charge in [0.25, 0.3) is 0 Å². The molecule has 0 bridgehead atoms. The first kappa shape index (κ1) is 30.5. The molecule has 2 aromatic heterocycles. The highest BCUT2D eigenvalue weighted by atomic mass is 28.3. The molecule has 0 radical (unpaired) electrons. The van der Waals surface area contributed by atoms with E-state index in [0.717, 1.165) is 28.1 Å². The number of hydrogen-bond acceptors (Lipinski definition) is 7. The van der Waals surface area contributed by atoms with Crippen LogP contribution in [0.1, 0.15) is 50.2 Å². The van der Waals surface area contributed by atoms with Crippen molar-refractivity contribution in [3.63, 3.8) is 0 Å². The Bertz CT molecular complexity index is 1620. The molecule has 0 aliphatic carbocycles. The highest BCUT2D eigenvalue weighted by Crippen LogP contribution is 2.37. The lowest BCUT2D eigenvalue weighted by Crippen LogP contribution is -2.39. The van der Waals surface area contributed by atoms with E-state index in [4.69, 9.17) is 24.9 Å². The number of hydrogen-bond donors (Lipinski definition) is 1. The zero-order chi connectivity index (χ0) is 30.2. The standard InChI is InChI=1S/C31H41N5O4Si/c1-30(2,3)40-29(37)35-14-13-23-25(35)12-10-22(19-38-5)27(23)31(4,33)28-34-24-17-21(18-32)9-11-26(24)36(28)20-39-15-16-41(6,7)8/h9-14,17H,15-16,19-20,33H2,1-8H3. The quantitative estimate of drug-likeness (QED) is 0.183. The Morgan fingerprint density at radius 1 is 1.10 bits per heavy atom. The normalized spacial score (nSPS) is 13.9. The molecule has 10 heteroatoms. The molecular formula is C31H41N5O4Si. The maximum atomic E-state index is 13.1. The average Bonchev–Trinajstić information content (AvgIpc) is 3.46. The molecule has 0 amide bonds. The molecule has 41 heavy (non-hydrogen) atoms. The molecule has 1 atom stereocenters. The third-order valence-electron chi connectivity index (χ3n) is 6.93. The van der Waals surface area contributed by atoms with Crippen molar-refractivity contribution < 1.29 is 19.0 Å². The number of nitrogens with zero attached hydrogens (tertiary/aromatic N) is 4. The average molecular weight is 576 g/mol. The predicted octanol–water partition coefficient (Wildman–Crippen LogP) is 6.33. The van der Waals surface area contributed by atoms with Gasteiger partial charge in [-0.1, -0.05) is 25.7 Å². The van der Waals surface area contributed by atoms with E-state index in [0.29, 0.717) is 35.6 Å². The summed E-state index contributed by atoms with van der Waals surface area (Å²) in [7, 11) is 0.355. The lowest BCUT2D eigenvalue weighted by molar-refractivity contribution is 0.0544. The molecule has 1 unspecified atom stereocenters. The number of benzene rings is 2. The molecule has 0 spiro atoms. The van der Waals surface area contributed by atoms with Gasteiger partial charge < -0.3 is 24.5 Å². The molecule has 0 saturated heterocycles. The SMILES string of the molecule is COCc1ccc2c(ccn2C(=O)OC(C)(C)C)c1C(C)(N)c1nc2cc(C#N)ccc2n1COCC[Si](C)(C)C. The third kappa shape index (κ3) is 6.54. The lowest BCUT2D eigenvalue weighted by atomic mass is 9.85. The maximum absolute atomic E-state index is 13.1. The summed E-state index contributed by atoms with van der Waals surface area (Å²) in [6.45, 7) is 15.6. The van der Waals surface area contributed by atoms with Crippen LogP contribution in [0.15, 0.2) is 42.6 Å². The van der Waals surface area contributed by atoms with Crippen molar-refractivity contribution in [1.29, 1.82) is 5.26 Å². The minimum Gasteiger partial charge on any atom is -0.443 e. The van der Waals surface area contributed by atoms with Gasteiger partial charge in [0.05, 0.1) is 40.3 Å². The number of ether oxygens (including phenoxy) is 3. The van der Waals surface area contributed by atoms with Gasteiger partial charge in [-0.3, -0.25) is 4.57 Å². The topological polar surface area (TPSA) is 117 Å². The molecule has 0 aliphatic rings. The summed E-state index contributed by atoms with van der Waals surface area (Å²) >= 11 is 0. The van der Waals surface area contributed by atoms with Crippen molar-refractivity contribution >= 4 is 36.1 Å². The van der Waals surface area contributed by atoms with Crippen LogP contribution < -0.4 is 5.73 Å². The van der Waals surface area contributed by atoms with E-state index in [1.807, 2.05) is 56.5 Å². The number of aromatic nitrogens is 3. The van der Waals surface area contributed by atoms with Gasteiger partial charge in [0.2, 0.25) is 0 Å². The van der Waals surface area contributed by atoms with Crippen LogP contribution in [0.3, 0.4) is 0 Å². The summed E-state index contributed by atoms with van der Waals surface area (Å²) in [5.74, 6) is 0.588. The number of nitriles is 1. The summed E-state index contributed by atoms with van der Waals surface area (Å²) in [4.78, 5) is 18.0. The Labute approximate surface area is 242 Å². The molecule has 0 aliphatic heterocycles. The largest absolute Gasteiger partial charge is 0.443 e. The van der Waals surface area contributed by atoms with E-state index in [9.17, 15) is 10.1 Å². The lowest BCUT2D eigenvalue weighted by Gasteiger charge is -2.29. The highest BCUT2D eigenvalue weighted by molar-refractivity contribution is 6.76. The zero-order valence-corrected chi connectivity index (χ0v) is 26.4. The second-order valence-electron chi connectivity index (χ2n) is 12.9. The van der Waals surface area contributed by atoms with Gasteiger partial charge in [0.1, 0.15) is 18.2 Å². The number of carbonyl (C=O) groups is 1. The number of methoxy groups -OCH3 is 1. The van der Waals surface area contributed by atoms with Crippen molar-refractivity contribution in [1.82, 2.24) is 14.1 Å². The van der Waals surface area contributed by atoms with E-state index < -0.39 is 25.3 Å². The Morgan fingerprint density at radius 3 is 2.44 bits per heavy atom. The highest BCUT2D eigenvalue weighted by Gasteiger charge is 2.35. The van der Waals surface area contributed by atoms with E-state index in [1.165, 1.54) is 4.57 Å². The minimum absolute atomic E-state index is 0.267. The van der Waals surface area contributed by atoms with Crippen molar-refractivity contribution in [2.45, 2.75) is 77.9 Å². The number of fused-ring (bicyclic) bond motifs is 2. The maximum Gasteiger partial charge on any atom is 0.418 e. The van der Waals surface area contributed by atoms with Crippen LogP contribution in [-0.4, -0.2) is 47.6 Å². The molecule has 0 saturated carbocycles. The van der Waals surface area contributed by atoms with Gasteiger partial charge in [-0.25, -0.2) is 9.78 Å². The Hall–Kier alpha value is -3.49. The van der Waals surface area contributed by atoms with Crippen LogP contribution in [-0.2, 0) is 33.1 Å². The van der Waals surface area contributed by atoms with Crippen molar-refractivity contribution in [2.24, 2.45) is 5.73 Å². The van der Waals surface area contributed by atoms with E-state index in [-0.39, 0.29) is 6.73 Å². The van der Waals surface area contributed by atoms with Gasteiger partial charge >= 0.3 is 6.09 Å². The van der Waals surface area contributed by atoms with Crippen LogP contribution >= 0.6 is 0 Å². The van der Waals surface area contributed by atoms with Crippen LogP contribution in [0.2, 0.25) is 25.7 Å². The second-order valence-corrected chi connectivity index (χ2v) is 18.5. The molecule has 2 N–H and O–H groups in total.